The number of fused-ring (bicyclic) bond motifs is 2. The number of benzene rings is 1. The lowest BCUT2D eigenvalue weighted by Crippen LogP contribution is -2.42. The van der Waals surface area contributed by atoms with Crippen LogP contribution < -0.4 is 9.64 Å². The predicted molar refractivity (Wildman–Crippen MR) is 133 cm³/mol. The molecule has 5 rings (SSSR count). The van der Waals surface area contributed by atoms with Crippen LogP contribution in [-0.4, -0.2) is 46.9 Å². The summed E-state index contributed by atoms with van der Waals surface area (Å²) in [5.74, 6) is 3.06. The third-order valence-corrected chi connectivity index (χ3v) is 9.00. The van der Waals surface area contributed by atoms with Gasteiger partial charge in [-0.25, -0.2) is 13.1 Å². The van der Waals surface area contributed by atoms with Gasteiger partial charge in [-0.05, 0) is 87.2 Å². The van der Waals surface area contributed by atoms with E-state index in [4.69, 9.17) is 14.8 Å². The molecule has 8 nitrogen and oxygen atoms in total. The molecule has 2 fully saturated rings. The van der Waals surface area contributed by atoms with Crippen LogP contribution in [-0.2, 0) is 16.3 Å². The highest BCUT2D eigenvalue weighted by atomic mass is 32.2. The van der Waals surface area contributed by atoms with Crippen LogP contribution in [0.3, 0.4) is 0 Å². The van der Waals surface area contributed by atoms with Crippen LogP contribution in [0, 0.1) is 24.7 Å². The summed E-state index contributed by atoms with van der Waals surface area (Å²) < 4.78 is 36.1. The minimum absolute atomic E-state index is 0.0717. The van der Waals surface area contributed by atoms with Gasteiger partial charge >= 0.3 is 6.01 Å². The highest BCUT2D eigenvalue weighted by Crippen LogP contribution is 2.45. The van der Waals surface area contributed by atoms with Crippen LogP contribution in [0.4, 0.5) is 5.00 Å². The number of rotatable bonds is 7. The normalized spacial score (nSPS) is 22.5. The Balaban J connectivity index is 1.33. The van der Waals surface area contributed by atoms with Gasteiger partial charge in [-0.15, -0.1) is 0 Å². The summed E-state index contributed by atoms with van der Waals surface area (Å²) in [5.41, 5.74) is 1.09. The standard InChI is InChI=1S/C24H31N5O3S2/c1-15(2)29-24(32-19-6-5-7-20(11-19)34(4,30)31)25-22(26-29)12-21-17-8-9-18(21)14-28(13-17)23-10-16(3)27-33-23/h5-7,10-11,15,17-18,21H,8-9,12-14H2,1-4H3/t17-,18+,21?. The molecule has 2 bridgehead atoms. The van der Waals surface area contributed by atoms with E-state index in [1.54, 1.807) is 34.4 Å². The average molecular weight is 502 g/mol. The molecule has 10 heteroatoms. The molecule has 3 atom stereocenters. The van der Waals surface area contributed by atoms with Gasteiger partial charge in [0.25, 0.3) is 0 Å². The van der Waals surface area contributed by atoms with Crippen molar-refractivity contribution < 1.29 is 13.2 Å². The maximum Gasteiger partial charge on any atom is 0.320 e. The number of aromatic nitrogens is 4. The van der Waals surface area contributed by atoms with Gasteiger partial charge in [0.05, 0.1) is 16.6 Å². The Morgan fingerprint density at radius 1 is 1.18 bits per heavy atom. The van der Waals surface area contributed by atoms with Crippen molar-refractivity contribution in [1.82, 2.24) is 19.1 Å². The summed E-state index contributed by atoms with van der Waals surface area (Å²) in [6.07, 6.45) is 4.52. The van der Waals surface area contributed by atoms with Crippen molar-refractivity contribution in [3.63, 3.8) is 0 Å². The zero-order valence-electron chi connectivity index (χ0n) is 20.0. The van der Waals surface area contributed by atoms with Crippen molar-refractivity contribution in [3.05, 3.63) is 41.9 Å². The Kier molecular flexibility index (Phi) is 6.14. The molecule has 0 amide bonds. The fourth-order valence-corrected chi connectivity index (χ4v) is 6.71. The van der Waals surface area contributed by atoms with E-state index in [9.17, 15) is 8.42 Å². The highest BCUT2D eigenvalue weighted by molar-refractivity contribution is 7.90. The molecule has 182 valence electrons. The molecule has 2 aliphatic rings. The van der Waals surface area contributed by atoms with Crippen molar-refractivity contribution in [2.45, 2.75) is 51.0 Å². The first kappa shape index (κ1) is 23.3. The minimum atomic E-state index is -3.32. The summed E-state index contributed by atoms with van der Waals surface area (Å²) in [4.78, 5) is 7.48. The monoisotopic (exact) mass is 501 g/mol. The first-order valence-electron chi connectivity index (χ1n) is 11.8. The predicted octanol–water partition coefficient (Wildman–Crippen LogP) is 4.52. The topological polar surface area (TPSA) is 90.2 Å². The van der Waals surface area contributed by atoms with E-state index in [0.717, 1.165) is 31.0 Å². The fourth-order valence-electron chi connectivity index (χ4n) is 5.28. The SMILES string of the molecule is Cc1cc(N2C[C@H]3CC[C@@H](C2)C3Cc2nc(Oc3cccc(S(C)(=O)=O)c3)n(C(C)C)n2)sn1. The van der Waals surface area contributed by atoms with Crippen LogP contribution in [0.1, 0.15) is 44.2 Å². The van der Waals surface area contributed by atoms with Gasteiger partial charge < -0.3 is 9.64 Å². The Morgan fingerprint density at radius 3 is 2.53 bits per heavy atom. The molecular weight excluding hydrogens is 470 g/mol. The van der Waals surface area contributed by atoms with Crippen LogP contribution in [0.5, 0.6) is 11.8 Å². The second-order valence-corrected chi connectivity index (χ2v) is 12.7. The average Bonchev–Trinajstić information content (AvgIpc) is 3.44. The van der Waals surface area contributed by atoms with Crippen LogP contribution >= 0.6 is 11.5 Å². The van der Waals surface area contributed by atoms with Crippen molar-refractivity contribution >= 4 is 26.4 Å². The number of ether oxygens (including phenoxy) is 1. The van der Waals surface area contributed by atoms with Crippen LogP contribution in [0.2, 0.25) is 0 Å². The number of anilines is 1. The number of piperidine rings is 1. The highest BCUT2D eigenvalue weighted by Gasteiger charge is 2.43. The maximum absolute atomic E-state index is 11.9. The van der Waals surface area contributed by atoms with Gasteiger partial charge in [0.2, 0.25) is 0 Å². The van der Waals surface area contributed by atoms with E-state index >= 15 is 0 Å². The molecule has 3 heterocycles. The van der Waals surface area contributed by atoms with Gasteiger partial charge in [-0.1, -0.05) is 6.07 Å². The van der Waals surface area contributed by atoms with Crippen molar-refractivity contribution in [2.75, 3.05) is 24.2 Å². The molecule has 1 unspecified atom stereocenters. The Morgan fingerprint density at radius 2 is 1.91 bits per heavy atom. The van der Waals surface area contributed by atoms with E-state index in [1.807, 2.05) is 13.8 Å². The van der Waals surface area contributed by atoms with Gasteiger partial charge in [-0.2, -0.15) is 14.5 Å². The van der Waals surface area contributed by atoms with Crippen molar-refractivity contribution in [2.24, 2.45) is 17.8 Å². The second kappa shape index (κ2) is 8.96. The van der Waals surface area contributed by atoms with E-state index in [-0.39, 0.29) is 10.9 Å². The van der Waals surface area contributed by atoms with Crippen molar-refractivity contribution in [1.29, 1.82) is 0 Å². The molecule has 1 aliphatic heterocycles. The molecule has 1 aliphatic carbocycles. The first-order chi connectivity index (χ1) is 16.2. The molecule has 1 saturated heterocycles. The van der Waals surface area contributed by atoms with Gasteiger partial charge in [0.15, 0.2) is 15.7 Å². The number of aryl methyl sites for hydroxylation is 1. The molecule has 3 aromatic rings. The Hall–Kier alpha value is -2.46. The third kappa shape index (κ3) is 4.70. The number of hydrogen-bond donors (Lipinski definition) is 0. The summed E-state index contributed by atoms with van der Waals surface area (Å²) in [6, 6.07) is 9.19. The van der Waals surface area contributed by atoms with E-state index in [1.165, 1.54) is 30.2 Å². The van der Waals surface area contributed by atoms with E-state index < -0.39 is 9.84 Å². The summed E-state index contributed by atoms with van der Waals surface area (Å²) >= 11 is 1.60. The molecule has 0 spiro atoms. The number of hydrogen-bond acceptors (Lipinski definition) is 8. The van der Waals surface area contributed by atoms with Crippen LogP contribution in [0.25, 0.3) is 0 Å². The zero-order chi connectivity index (χ0) is 24.0. The Bertz CT molecular complexity index is 1270. The maximum atomic E-state index is 11.9. The van der Waals surface area contributed by atoms with E-state index in [0.29, 0.717) is 29.5 Å². The molecule has 1 aromatic carbocycles. The van der Waals surface area contributed by atoms with Gasteiger partial charge in [0, 0.05) is 25.8 Å². The lowest BCUT2D eigenvalue weighted by molar-refractivity contribution is 0.266. The van der Waals surface area contributed by atoms with Crippen molar-refractivity contribution in [3.8, 4) is 11.8 Å². The van der Waals surface area contributed by atoms with Crippen LogP contribution in [0.15, 0.2) is 35.2 Å². The quantitative estimate of drug-likeness (QED) is 0.470. The smallest absolute Gasteiger partial charge is 0.320 e. The lowest BCUT2D eigenvalue weighted by atomic mass is 9.82. The third-order valence-electron chi connectivity index (χ3n) is 6.95. The number of nitrogens with zero attached hydrogens (tertiary/aromatic N) is 5. The molecule has 0 N–H and O–H groups in total. The number of sulfone groups is 1. The molecular formula is C24H31N5O3S2. The van der Waals surface area contributed by atoms with Gasteiger partial charge in [0.1, 0.15) is 10.8 Å². The molecule has 34 heavy (non-hydrogen) atoms. The second-order valence-electron chi connectivity index (χ2n) is 9.88. The molecule has 2 aromatic heterocycles. The zero-order valence-corrected chi connectivity index (χ0v) is 21.6. The lowest BCUT2D eigenvalue weighted by Gasteiger charge is -2.38. The summed E-state index contributed by atoms with van der Waals surface area (Å²) in [6.45, 7) is 8.26. The summed E-state index contributed by atoms with van der Waals surface area (Å²) in [5, 5.41) is 6.07. The van der Waals surface area contributed by atoms with E-state index in [2.05, 4.69) is 22.3 Å². The first-order valence-corrected chi connectivity index (χ1v) is 14.5. The molecule has 1 saturated carbocycles. The minimum Gasteiger partial charge on any atom is -0.424 e. The largest absolute Gasteiger partial charge is 0.424 e. The molecule has 0 radical (unpaired) electrons. The summed E-state index contributed by atoms with van der Waals surface area (Å²) in [7, 11) is -3.32. The van der Waals surface area contributed by atoms with Gasteiger partial charge in [-0.3, -0.25) is 0 Å². The fraction of sp³-hybridized carbons (Fsp3) is 0.542. The Labute approximate surface area is 205 Å².